The summed E-state index contributed by atoms with van der Waals surface area (Å²) in [5, 5.41) is 3.25. The third-order valence-corrected chi connectivity index (χ3v) is 6.23. The summed E-state index contributed by atoms with van der Waals surface area (Å²) < 4.78 is 0.785. The van der Waals surface area contributed by atoms with E-state index in [9.17, 15) is 0 Å². The van der Waals surface area contributed by atoms with Crippen molar-refractivity contribution in [3.63, 3.8) is 0 Å². The SMILES string of the molecule is C=C1c2cccc3c(Cl)ccc(c23)[N+]1(C)C(C)(CC)CC. The Hall–Kier alpha value is -1.31. The second kappa shape index (κ2) is 4.59. The standard InChI is InChI=1S/C19H23ClN/c1-6-19(4,7-2)21(5)13(3)14-9-8-10-15-16(20)11-12-17(21)18(14)15/h8-12H,3,6-7H2,1-2,4-5H3/q+1. The van der Waals surface area contributed by atoms with Gasteiger partial charge in [-0.25, -0.2) is 0 Å². The van der Waals surface area contributed by atoms with Gasteiger partial charge in [-0.1, -0.05) is 37.6 Å². The molecule has 2 aromatic carbocycles. The number of quaternary nitrogens is 1. The molecule has 0 fully saturated rings. The van der Waals surface area contributed by atoms with Crippen molar-refractivity contribution in [3.8, 4) is 0 Å². The Labute approximate surface area is 132 Å². The van der Waals surface area contributed by atoms with E-state index in [1.54, 1.807) is 0 Å². The van der Waals surface area contributed by atoms with E-state index >= 15 is 0 Å². The van der Waals surface area contributed by atoms with Crippen LogP contribution in [-0.4, -0.2) is 12.6 Å². The predicted molar refractivity (Wildman–Crippen MR) is 94.7 cm³/mol. The molecule has 0 amide bonds. The van der Waals surface area contributed by atoms with Crippen molar-refractivity contribution in [2.75, 3.05) is 7.05 Å². The van der Waals surface area contributed by atoms with Gasteiger partial charge in [0.2, 0.25) is 0 Å². The largest absolute Gasteiger partial charge is 0.256 e. The number of benzene rings is 2. The maximum absolute atomic E-state index is 6.41. The molecule has 21 heavy (non-hydrogen) atoms. The van der Waals surface area contributed by atoms with E-state index in [-0.39, 0.29) is 5.54 Å². The van der Waals surface area contributed by atoms with Gasteiger partial charge in [0.25, 0.3) is 0 Å². The molecular weight excluding hydrogens is 278 g/mol. The van der Waals surface area contributed by atoms with E-state index in [4.69, 9.17) is 11.6 Å². The summed E-state index contributed by atoms with van der Waals surface area (Å²) in [5.74, 6) is 0. The number of hydrogen-bond acceptors (Lipinski definition) is 0. The Bertz CT molecular complexity index is 743. The van der Waals surface area contributed by atoms with Crippen LogP contribution < -0.4 is 4.48 Å². The van der Waals surface area contributed by atoms with Crippen molar-refractivity contribution in [1.82, 2.24) is 4.48 Å². The molecule has 0 aliphatic carbocycles. The van der Waals surface area contributed by atoms with Crippen LogP contribution in [0.15, 0.2) is 36.9 Å². The zero-order chi connectivity index (χ0) is 15.4. The van der Waals surface area contributed by atoms with Crippen LogP contribution in [0.2, 0.25) is 5.02 Å². The summed E-state index contributed by atoms with van der Waals surface area (Å²) in [6.07, 6.45) is 2.22. The van der Waals surface area contributed by atoms with Crippen molar-refractivity contribution in [1.29, 1.82) is 0 Å². The quantitative estimate of drug-likeness (QED) is 0.610. The van der Waals surface area contributed by atoms with E-state index in [0.717, 1.165) is 27.7 Å². The molecule has 0 aromatic heterocycles. The minimum Gasteiger partial charge on any atom is -0.256 e. The summed E-state index contributed by atoms with van der Waals surface area (Å²) >= 11 is 6.41. The van der Waals surface area contributed by atoms with Gasteiger partial charge in [0, 0.05) is 22.0 Å². The number of nitrogens with zero attached hydrogens (tertiary/aromatic N) is 1. The first-order valence-electron chi connectivity index (χ1n) is 7.69. The molecular formula is C19H23ClN+. The van der Waals surface area contributed by atoms with Crippen molar-refractivity contribution in [3.05, 3.63) is 47.5 Å². The first kappa shape index (κ1) is 14.6. The number of hydrogen-bond donors (Lipinski definition) is 0. The van der Waals surface area contributed by atoms with Crippen molar-refractivity contribution in [2.24, 2.45) is 0 Å². The minimum atomic E-state index is 0.136. The molecule has 1 heterocycles. The predicted octanol–water partition coefficient (Wildman–Crippen LogP) is 5.99. The van der Waals surface area contributed by atoms with Crippen LogP contribution in [0.4, 0.5) is 5.69 Å². The van der Waals surface area contributed by atoms with Gasteiger partial charge in [0.05, 0.1) is 12.4 Å². The van der Waals surface area contributed by atoms with E-state index in [1.807, 2.05) is 6.07 Å². The van der Waals surface area contributed by atoms with Crippen LogP contribution in [-0.2, 0) is 0 Å². The lowest BCUT2D eigenvalue weighted by Gasteiger charge is -2.46. The first-order chi connectivity index (χ1) is 9.90. The van der Waals surface area contributed by atoms with Crippen LogP contribution in [0, 0.1) is 0 Å². The van der Waals surface area contributed by atoms with Gasteiger partial charge in [-0.15, -0.1) is 0 Å². The number of halogens is 1. The second-order valence-corrected chi connectivity index (χ2v) is 6.86. The second-order valence-electron chi connectivity index (χ2n) is 6.45. The average Bonchev–Trinajstić information content (AvgIpc) is 2.74. The highest BCUT2D eigenvalue weighted by Crippen LogP contribution is 2.54. The molecule has 0 bridgehead atoms. The molecule has 1 unspecified atom stereocenters. The third-order valence-electron chi connectivity index (χ3n) is 5.90. The fourth-order valence-electron chi connectivity index (χ4n) is 3.85. The Balaban J connectivity index is 2.42. The molecule has 0 saturated heterocycles. The Morgan fingerprint density at radius 1 is 1.14 bits per heavy atom. The summed E-state index contributed by atoms with van der Waals surface area (Å²) in [7, 11) is 2.30. The molecule has 1 aliphatic rings. The Kier molecular flexibility index (Phi) is 3.20. The van der Waals surface area contributed by atoms with Crippen LogP contribution in [0.3, 0.4) is 0 Å². The summed E-state index contributed by atoms with van der Waals surface area (Å²) in [5.41, 5.74) is 3.91. The lowest BCUT2D eigenvalue weighted by Crippen LogP contribution is -2.58. The normalized spacial score (nSPS) is 21.3. The van der Waals surface area contributed by atoms with Gasteiger partial charge in [0.15, 0.2) is 0 Å². The zero-order valence-electron chi connectivity index (χ0n) is 13.3. The highest BCUT2D eigenvalue weighted by atomic mass is 35.5. The van der Waals surface area contributed by atoms with Crippen LogP contribution in [0.25, 0.3) is 16.5 Å². The Morgan fingerprint density at radius 3 is 2.43 bits per heavy atom. The fraction of sp³-hybridized carbons (Fsp3) is 0.368. The molecule has 0 radical (unpaired) electrons. The maximum atomic E-state index is 6.41. The topological polar surface area (TPSA) is 0 Å². The molecule has 2 heteroatoms. The van der Waals surface area contributed by atoms with Crippen LogP contribution >= 0.6 is 11.6 Å². The van der Waals surface area contributed by atoms with Gasteiger partial charge in [-0.05, 0) is 38.5 Å². The first-order valence-corrected chi connectivity index (χ1v) is 8.06. The molecule has 110 valence electrons. The summed E-state index contributed by atoms with van der Waals surface area (Å²) in [6, 6.07) is 10.6. The van der Waals surface area contributed by atoms with Crippen LogP contribution in [0.5, 0.6) is 0 Å². The molecule has 0 saturated carbocycles. The van der Waals surface area contributed by atoms with Crippen LogP contribution in [0.1, 0.15) is 39.2 Å². The molecule has 1 nitrogen and oxygen atoms in total. The lowest BCUT2D eigenvalue weighted by molar-refractivity contribution is 0.205. The fourth-order valence-corrected chi connectivity index (χ4v) is 4.07. The van der Waals surface area contributed by atoms with Gasteiger partial charge >= 0.3 is 0 Å². The smallest absolute Gasteiger partial charge is 0.147 e. The van der Waals surface area contributed by atoms with Crippen molar-refractivity contribution in [2.45, 2.75) is 39.2 Å². The number of rotatable bonds is 3. The molecule has 0 N–H and O–H groups in total. The lowest BCUT2D eigenvalue weighted by atomic mass is 9.89. The van der Waals surface area contributed by atoms with E-state index in [1.165, 1.54) is 22.3 Å². The summed E-state index contributed by atoms with van der Waals surface area (Å²) in [4.78, 5) is 0. The van der Waals surface area contributed by atoms with E-state index in [2.05, 4.69) is 58.7 Å². The van der Waals surface area contributed by atoms with Crippen molar-refractivity contribution >= 4 is 33.8 Å². The molecule has 1 atom stereocenters. The highest BCUT2D eigenvalue weighted by Gasteiger charge is 2.51. The minimum absolute atomic E-state index is 0.136. The zero-order valence-corrected chi connectivity index (χ0v) is 14.1. The molecule has 0 spiro atoms. The van der Waals surface area contributed by atoms with Gasteiger partial charge in [-0.2, -0.15) is 0 Å². The summed E-state index contributed by atoms with van der Waals surface area (Å²) in [6.45, 7) is 11.4. The van der Waals surface area contributed by atoms with E-state index in [0.29, 0.717) is 0 Å². The van der Waals surface area contributed by atoms with Gasteiger partial charge in [-0.3, -0.25) is 4.48 Å². The molecule has 3 rings (SSSR count). The average molecular weight is 301 g/mol. The molecule has 2 aromatic rings. The van der Waals surface area contributed by atoms with E-state index < -0.39 is 0 Å². The van der Waals surface area contributed by atoms with Gasteiger partial charge < -0.3 is 0 Å². The molecule has 1 aliphatic heterocycles. The highest BCUT2D eigenvalue weighted by molar-refractivity contribution is 6.36. The maximum Gasteiger partial charge on any atom is 0.147 e. The monoisotopic (exact) mass is 300 g/mol. The van der Waals surface area contributed by atoms with Gasteiger partial charge in [0.1, 0.15) is 16.9 Å². The third kappa shape index (κ3) is 1.62. The van der Waals surface area contributed by atoms with Crippen molar-refractivity contribution < 1.29 is 0 Å². The Morgan fingerprint density at radius 2 is 1.81 bits per heavy atom.